The highest BCUT2D eigenvalue weighted by Crippen LogP contribution is 2.22. The number of carbonyl (C=O) groups excluding carboxylic acids is 1. The number of hydrogen-bond acceptors (Lipinski definition) is 3. The van der Waals surface area contributed by atoms with E-state index in [0.717, 1.165) is 33.6 Å². The van der Waals surface area contributed by atoms with Crippen LogP contribution in [-0.2, 0) is 4.79 Å². The average Bonchev–Trinajstić information content (AvgIpc) is 2.69. The van der Waals surface area contributed by atoms with Crippen molar-refractivity contribution in [2.24, 2.45) is 5.10 Å². The van der Waals surface area contributed by atoms with Crippen molar-refractivity contribution >= 4 is 12.1 Å². The van der Waals surface area contributed by atoms with Gasteiger partial charge in [0.05, 0.1) is 6.21 Å². The van der Waals surface area contributed by atoms with Crippen molar-refractivity contribution in [2.45, 2.75) is 13.8 Å². The van der Waals surface area contributed by atoms with E-state index >= 15 is 0 Å². The number of aryl methyl sites for hydroxylation is 2. The SMILES string of the molecule is Cc1cccc(C)c1OCC(=O)NN=Cc1ccc(-c2ccccc2)cc1. The molecule has 136 valence electrons. The molecule has 0 fully saturated rings. The number of hydrogen-bond donors (Lipinski definition) is 1. The number of ether oxygens (including phenoxy) is 1. The maximum atomic E-state index is 11.9. The Balaban J connectivity index is 1.52. The maximum absolute atomic E-state index is 11.9. The largest absolute Gasteiger partial charge is 0.483 e. The number of rotatable bonds is 6. The van der Waals surface area contributed by atoms with E-state index < -0.39 is 0 Å². The Morgan fingerprint density at radius 1 is 0.889 bits per heavy atom. The van der Waals surface area contributed by atoms with Crippen LogP contribution in [0.3, 0.4) is 0 Å². The average molecular weight is 358 g/mol. The smallest absolute Gasteiger partial charge is 0.277 e. The van der Waals surface area contributed by atoms with E-state index in [1.54, 1.807) is 6.21 Å². The van der Waals surface area contributed by atoms with Gasteiger partial charge >= 0.3 is 0 Å². The molecular formula is C23H22N2O2. The molecule has 0 bridgehead atoms. The second-order valence-electron chi connectivity index (χ2n) is 6.29. The van der Waals surface area contributed by atoms with Gasteiger partial charge in [0.25, 0.3) is 5.91 Å². The molecule has 4 nitrogen and oxygen atoms in total. The monoisotopic (exact) mass is 358 g/mol. The second kappa shape index (κ2) is 8.81. The maximum Gasteiger partial charge on any atom is 0.277 e. The molecular weight excluding hydrogens is 336 g/mol. The van der Waals surface area contributed by atoms with E-state index in [1.807, 2.05) is 74.5 Å². The van der Waals surface area contributed by atoms with Crippen LogP contribution >= 0.6 is 0 Å². The molecule has 0 heterocycles. The number of hydrazone groups is 1. The number of nitrogens with zero attached hydrogens (tertiary/aromatic N) is 1. The zero-order valence-corrected chi connectivity index (χ0v) is 15.5. The third-order valence-corrected chi connectivity index (χ3v) is 4.18. The summed E-state index contributed by atoms with van der Waals surface area (Å²) in [7, 11) is 0. The van der Waals surface area contributed by atoms with Crippen LogP contribution in [0.4, 0.5) is 0 Å². The third-order valence-electron chi connectivity index (χ3n) is 4.18. The molecule has 27 heavy (non-hydrogen) atoms. The first-order chi connectivity index (χ1) is 13.1. The van der Waals surface area contributed by atoms with Crippen molar-refractivity contribution in [1.29, 1.82) is 0 Å². The molecule has 0 atom stereocenters. The van der Waals surface area contributed by atoms with Gasteiger partial charge in [0.1, 0.15) is 5.75 Å². The Labute approximate surface area is 159 Å². The quantitative estimate of drug-likeness (QED) is 0.521. The summed E-state index contributed by atoms with van der Waals surface area (Å²) in [5.74, 6) is 0.447. The van der Waals surface area contributed by atoms with Gasteiger partial charge in [-0.25, -0.2) is 5.43 Å². The van der Waals surface area contributed by atoms with Gasteiger partial charge in [-0.2, -0.15) is 5.10 Å². The summed E-state index contributed by atoms with van der Waals surface area (Å²) in [5, 5.41) is 4.00. The first-order valence-corrected chi connectivity index (χ1v) is 8.80. The molecule has 1 N–H and O–H groups in total. The lowest BCUT2D eigenvalue weighted by Crippen LogP contribution is -2.25. The van der Waals surface area contributed by atoms with Gasteiger partial charge in [0.15, 0.2) is 6.61 Å². The molecule has 4 heteroatoms. The van der Waals surface area contributed by atoms with E-state index in [0.29, 0.717) is 0 Å². The van der Waals surface area contributed by atoms with E-state index in [1.165, 1.54) is 0 Å². The van der Waals surface area contributed by atoms with Crippen molar-refractivity contribution in [2.75, 3.05) is 6.61 Å². The zero-order valence-electron chi connectivity index (χ0n) is 15.5. The van der Waals surface area contributed by atoms with Gasteiger partial charge in [-0.15, -0.1) is 0 Å². The Bertz CT molecular complexity index is 912. The van der Waals surface area contributed by atoms with E-state index in [9.17, 15) is 4.79 Å². The fraction of sp³-hybridized carbons (Fsp3) is 0.130. The molecule has 0 spiro atoms. The van der Waals surface area contributed by atoms with Crippen LogP contribution in [0.25, 0.3) is 11.1 Å². The summed E-state index contributed by atoms with van der Waals surface area (Å²) >= 11 is 0. The van der Waals surface area contributed by atoms with Gasteiger partial charge in [-0.3, -0.25) is 4.79 Å². The molecule has 0 aliphatic heterocycles. The Morgan fingerprint density at radius 3 is 2.19 bits per heavy atom. The Morgan fingerprint density at radius 2 is 1.52 bits per heavy atom. The second-order valence-corrected chi connectivity index (χ2v) is 6.29. The molecule has 3 rings (SSSR count). The number of para-hydroxylation sites is 1. The zero-order chi connectivity index (χ0) is 19.1. The van der Waals surface area contributed by atoms with E-state index in [2.05, 4.69) is 22.7 Å². The van der Waals surface area contributed by atoms with Crippen LogP contribution < -0.4 is 10.2 Å². The lowest BCUT2D eigenvalue weighted by Gasteiger charge is -2.10. The van der Waals surface area contributed by atoms with Crippen LogP contribution in [0.15, 0.2) is 77.9 Å². The molecule has 0 saturated carbocycles. The van der Waals surface area contributed by atoms with Crippen LogP contribution in [-0.4, -0.2) is 18.7 Å². The van der Waals surface area contributed by atoms with E-state index in [-0.39, 0.29) is 12.5 Å². The van der Waals surface area contributed by atoms with Gasteiger partial charge in [0.2, 0.25) is 0 Å². The number of benzene rings is 3. The minimum atomic E-state index is -0.296. The van der Waals surface area contributed by atoms with Crippen LogP contribution in [0.2, 0.25) is 0 Å². The topological polar surface area (TPSA) is 50.7 Å². The normalized spacial score (nSPS) is 10.7. The van der Waals surface area contributed by atoms with Crippen LogP contribution in [0.1, 0.15) is 16.7 Å². The van der Waals surface area contributed by atoms with Crippen molar-refractivity contribution in [3.05, 3.63) is 89.5 Å². The summed E-state index contributed by atoms with van der Waals surface area (Å²) in [6.45, 7) is 3.84. The molecule has 0 unspecified atom stereocenters. The van der Waals surface area contributed by atoms with Gasteiger partial charge < -0.3 is 4.74 Å². The summed E-state index contributed by atoms with van der Waals surface area (Å²) in [6, 6.07) is 24.0. The first-order valence-electron chi connectivity index (χ1n) is 8.80. The van der Waals surface area contributed by atoms with Crippen molar-refractivity contribution in [3.63, 3.8) is 0 Å². The minimum absolute atomic E-state index is 0.0734. The summed E-state index contributed by atoms with van der Waals surface area (Å²) < 4.78 is 5.61. The molecule has 3 aromatic rings. The predicted octanol–water partition coefficient (Wildman–Crippen LogP) is 4.50. The van der Waals surface area contributed by atoms with Crippen molar-refractivity contribution < 1.29 is 9.53 Å². The number of amides is 1. The fourth-order valence-corrected chi connectivity index (χ4v) is 2.77. The highest BCUT2D eigenvalue weighted by atomic mass is 16.5. The van der Waals surface area contributed by atoms with Crippen molar-refractivity contribution in [1.82, 2.24) is 5.43 Å². The van der Waals surface area contributed by atoms with Crippen LogP contribution in [0, 0.1) is 13.8 Å². The minimum Gasteiger partial charge on any atom is -0.483 e. The fourth-order valence-electron chi connectivity index (χ4n) is 2.77. The first kappa shape index (κ1) is 18.4. The molecule has 0 radical (unpaired) electrons. The number of carbonyl (C=O) groups is 1. The van der Waals surface area contributed by atoms with Crippen molar-refractivity contribution in [3.8, 4) is 16.9 Å². The molecule has 0 aliphatic carbocycles. The number of nitrogens with one attached hydrogen (secondary N) is 1. The summed E-state index contributed by atoms with van der Waals surface area (Å²) in [5.41, 5.74) is 7.71. The third kappa shape index (κ3) is 5.05. The molecule has 0 saturated heterocycles. The highest BCUT2D eigenvalue weighted by Gasteiger charge is 2.06. The van der Waals surface area contributed by atoms with Gasteiger partial charge in [0, 0.05) is 0 Å². The van der Waals surface area contributed by atoms with Gasteiger partial charge in [-0.05, 0) is 41.7 Å². The summed E-state index contributed by atoms with van der Waals surface area (Å²) in [6.07, 6.45) is 1.62. The molecule has 3 aromatic carbocycles. The molecule has 1 amide bonds. The van der Waals surface area contributed by atoms with E-state index in [4.69, 9.17) is 4.74 Å². The highest BCUT2D eigenvalue weighted by molar-refractivity contribution is 5.83. The Hall–Kier alpha value is -3.40. The molecule has 0 aromatic heterocycles. The Kier molecular flexibility index (Phi) is 6.00. The lowest BCUT2D eigenvalue weighted by atomic mass is 10.0. The lowest BCUT2D eigenvalue weighted by molar-refractivity contribution is -0.123. The van der Waals surface area contributed by atoms with Gasteiger partial charge in [-0.1, -0.05) is 72.8 Å². The van der Waals surface area contributed by atoms with Crippen LogP contribution in [0.5, 0.6) is 5.75 Å². The standard InChI is InChI=1S/C23H22N2O2/c1-17-7-6-8-18(2)23(17)27-16-22(26)25-24-15-19-11-13-21(14-12-19)20-9-4-3-5-10-20/h3-15H,16H2,1-2H3,(H,25,26). The summed E-state index contributed by atoms with van der Waals surface area (Å²) in [4.78, 5) is 11.9. The predicted molar refractivity (Wildman–Crippen MR) is 109 cm³/mol. The molecule has 0 aliphatic rings.